The van der Waals surface area contributed by atoms with Gasteiger partial charge >= 0.3 is 0 Å². The van der Waals surface area contributed by atoms with Crippen molar-refractivity contribution in [2.45, 2.75) is 19.8 Å². The van der Waals surface area contributed by atoms with Crippen LogP contribution in [-0.2, 0) is 16.0 Å². The fraction of sp³-hybridized carbons (Fsp3) is 0.333. The van der Waals surface area contributed by atoms with Crippen molar-refractivity contribution in [3.63, 3.8) is 0 Å². The van der Waals surface area contributed by atoms with E-state index >= 15 is 0 Å². The van der Waals surface area contributed by atoms with Crippen molar-refractivity contribution in [1.29, 1.82) is 0 Å². The van der Waals surface area contributed by atoms with Gasteiger partial charge in [-0.05, 0) is 42.3 Å². The van der Waals surface area contributed by atoms with E-state index in [1.54, 1.807) is 12.0 Å². The van der Waals surface area contributed by atoms with Gasteiger partial charge in [-0.15, -0.1) is 10.2 Å². The molecule has 4 rings (SSSR count). The van der Waals surface area contributed by atoms with Gasteiger partial charge in [-0.3, -0.25) is 9.59 Å². The van der Waals surface area contributed by atoms with Gasteiger partial charge in [-0.25, -0.2) is 0 Å². The molecule has 1 aromatic heterocycles. The van der Waals surface area contributed by atoms with E-state index in [1.807, 2.05) is 42.5 Å². The SMILES string of the molecule is CCc1ccc(C(=O)N(CCOC)CCC(=O)Nc2nnc(-c3ccc4c(c3)OCO4)s2)cc1. The number of aryl methyl sites for hydroxylation is 1. The molecule has 0 saturated heterocycles. The van der Waals surface area contributed by atoms with E-state index in [-0.39, 0.29) is 31.6 Å². The molecule has 178 valence electrons. The molecule has 0 atom stereocenters. The second-order valence-corrected chi connectivity index (χ2v) is 8.59. The average Bonchev–Trinajstić information content (AvgIpc) is 3.53. The van der Waals surface area contributed by atoms with E-state index in [1.165, 1.54) is 11.3 Å². The van der Waals surface area contributed by atoms with Gasteiger partial charge in [-0.2, -0.15) is 0 Å². The van der Waals surface area contributed by atoms with Crippen molar-refractivity contribution in [3.05, 3.63) is 53.6 Å². The topological polar surface area (TPSA) is 103 Å². The molecular formula is C24H26N4O5S. The molecule has 3 aromatic rings. The molecule has 0 radical (unpaired) electrons. The number of rotatable bonds is 10. The molecule has 0 saturated carbocycles. The van der Waals surface area contributed by atoms with E-state index in [0.29, 0.717) is 40.4 Å². The molecule has 10 heteroatoms. The van der Waals surface area contributed by atoms with E-state index in [9.17, 15) is 9.59 Å². The fourth-order valence-electron chi connectivity index (χ4n) is 3.42. The predicted molar refractivity (Wildman–Crippen MR) is 128 cm³/mol. The molecule has 2 aromatic carbocycles. The van der Waals surface area contributed by atoms with Crippen LogP contribution in [-0.4, -0.2) is 60.5 Å². The van der Waals surface area contributed by atoms with Crippen molar-refractivity contribution in [2.24, 2.45) is 0 Å². The zero-order valence-corrected chi connectivity index (χ0v) is 19.9. The number of fused-ring (bicyclic) bond motifs is 1. The van der Waals surface area contributed by atoms with Crippen molar-refractivity contribution < 1.29 is 23.8 Å². The van der Waals surface area contributed by atoms with Crippen LogP contribution in [0.4, 0.5) is 5.13 Å². The zero-order chi connectivity index (χ0) is 23.9. The maximum atomic E-state index is 13.0. The van der Waals surface area contributed by atoms with Crippen LogP contribution in [0.5, 0.6) is 11.5 Å². The first-order chi connectivity index (χ1) is 16.6. The lowest BCUT2D eigenvalue weighted by Crippen LogP contribution is -2.36. The molecule has 0 spiro atoms. The second kappa shape index (κ2) is 11.1. The Labute approximate surface area is 201 Å². The Kier molecular flexibility index (Phi) is 7.71. The number of carbonyl (C=O) groups is 2. The molecule has 1 aliphatic heterocycles. The molecule has 0 fully saturated rings. The van der Waals surface area contributed by atoms with Crippen molar-refractivity contribution >= 4 is 28.3 Å². The van der Waals surface area contributed by atoms with E-state index in [4.69, 9.17) is 14.2 Å². The largest absolute Gasteiger partial charge is 0.454 e. The van der Waals surface area contributed by atoms with Crippen LogP contribution in [0.15, 0.2) is 42.5 Å². The molecule has 1 aliphatic rings. The number of methoxy groups -OCH3 is 1. The number of anilines is 1. The lowest BCUT2D eigenvalue weighted by Gasteiger charge is -2.22. The van der Waals surface area contributed by atoms with E-state index in [2.05, 4.69) is 22.4 Å². The predicted octanol–water partition coefficient (Wildman–Crippen LogP) is 3.61. The highest BCUT2D eigenvalue weighted by Gasteiger charge is 2.19. The number of aromatic nitrogens is 2. The van der Waals surface area contributed by atoms with Gasteiger partial charge in [0.05, 0.1) is 6.61 Å². The van der Waals surface area contributed by atoms with Gasteiger partial charge in [0.15, 0.2) is 11.5 Å². The highest BCUT2D eigenvalue weighted by molar-refractivity contribution is 7.18. The normalized spacial score (nSPS) is 11.9. The molecule has 0 unspecified atom stereocenters. The lowest BCUT2D eigenvalue weighted by molar-refractivity contribution is -0.116. The Balaban J connectivity index is 1.35. The molecule has 2 amide bonds. The summed E-state index contributed by atoms with van der Waals surface area (Å²) in [5.41, 5.74) is 2.58. The minimum atomic E-state index is -0.245. The summed E-state index contributed by atoms with van der Waals surface area (Å²) >= 11 is 1.26. The number of carbonyl (C=O) groups excluding carboxylic acids is 2. The van der Waals surface area contributed by atoms with Crippen LogP contribution >= 0.6 is 11.3 Å². The highest BCUT2D eigenvalue weighted by Crippen LogP contribution is 2.37. The summed E-state index contributed by atoms with van der Waals surface area (Å²) in [6.07, 6.45) is 1.03. The molecule has 0 bridgehead atoms. The number of amides is 2. The first-order valence-electron chi connectivity index (χ1n) is 11.0. The van der Waals surface area contributed by atoms with Crippen LogP contribution in [0.3, 0.4) is 0 Å². The van der Waals surface area contributed by atoms with Crippen LogP contribution in [0.25, 0.3) is 10.6 Å². The van der Waals surface area contributed by atoms with Gasteiger partial charge in [0, 0.05) is 37.7 Å². The summed E-state index contributed by atoms with van der Waals surface area (Å²) in [7, 11) is 1.58. The van der Waals surface area contributed by atoms with Gasteiger partial charge in [0.25, 0.3) is 5.91 Å². The quantitative estimate of drug-likeness (QED) is 0.471. The first-order valence-corrected chi connectivity index (χ1v) is 11.8. The maximum absolute atomic E-state index is 13.0. The van der Waals surface area contributed by atoms with E-state index in [0.717, 1.165) is 17.5 Å². The third-order valence-corrected chi connectivity index (χ3v) is 6.25. The Morgan fingerprint density at radius 3 is 2.65 bits per heavy atom. The Morgan fingerprint density at radius 2 is 1.88 bits per heavy atom. The molecule has 1 N–H and O–H groups in total. The second-order valence-electron chi connectivity index (χ2n) is 7.61. The third kappa shape index (κ3) is 5.70. The number of benzene rings is 2. The summed E-state index contributed by atoms with van der Waals surface area (Å²) < 4.78 is 15.9. The smallest absolute Gasteiger partial charge is 0.253 e. The summed E-state index contributed by atoms with van der Waals surface area (Å²) in [5.74, 6) is 0.970. The van der Waals surface area contributed by atoms with Crippen molar-refractivity contribution in [3.8, 4) is 22.1 Å². The van der Waals surface area contributed by atoms with Crippen LogP contribution in [0.1, 0.15) is 29.3 Å². The average molecular weight is 483 g/mol. The number of ether oxygens (including phenoxy) is 3. The van der Waals surface area contributed by atoms with Crippen LogP contribution in [0, 0.1) is 0 Å². The number of hydrogen-bond donors (Lipinski definition) is 1. The van der Waals surface area contributed by atoms with Gasteiger partial charge in [-0.1, -0.05) is 30.4 Å². The highest BCUT2D eigenvalue weighted by atomic mass is 32.1. The third-order valence-electron chi connectivity index (χ3n) is 5.36. The Hall–Kier alpha value is -3.50. The summed E-state index contributed by atoms with van der Waals surface area (Å²) in [6.45, 7) is 3.30. The number of nitrogens with zero attached hydrogens (tertiary/aromatic N) is 3. The van der Waals surface area contributed by atoms with Gasteiger partial charge in [0.1, 0.15) is 5.01 Å². The summed E-state index contributed by atoms with van der Waals surface area (Å²) in [4.78, 5) is 27.1. The van der Waals surface area contributed by atoms with Gasteiger partial charge < -0.3 is 24.4 Å². The monoisotopic (exact) mass is 482 g/mol. The standard InChI is InChI=1S/C24H26N4O5S/c1-3-16-4-6-17(7-5-16)23(30)28(12-13-31-2)11-10-21(29)25-24-27-26-22(34-24)18-8-9-19-20(14-18)33-15-32-19/h4-9,14H,3,10-13,15H2,1-2H3,(H,25,27,29). The Bertz CT molecular complexity index is 1150. The molecule has 0 aliphatic carbocycles. The number of hydrogen-bond acceptors (Lipinski definition) is 8. The lowest BCUT2D eigenvalue weighted by atomic mass is 10.1. The minimum absolute atomic E-state index is 0.126. The van der Waals surface area contributed by atoms with Crippen LogP contribution < -0.4 is 14.8 Å². The summed E-state index contributed by atoms with van der Waals surface area (Å²) in [5, 5.41) is 12.0. The maximum Gasteiger partial charge on any atom is 0.253 e. The zero-order valence-electron chi connectivity index (χ0n) is 19.1. The molecule has 9 nitrogen and oxygen atoms in total. The fourth-order valence-corrected chi connectivity index (χ4v) is 4.18. The van der Waals surface area contributed by atoms with E-state index < -0.39 is 0 Å². The van der Waals surface area contributed by atoms with Crippen LogP contribution in [0.2, 0.25) is 0 Å². The van der Waals surface area contributed by atoms with Crippen molar-refractivity contribution in [1.82, 2.24) is 15.1 Å². The Morgan fingerprint density at radius 1 is 1.09 bits per heavy atom. The molecule has 34 heavy (non-hydrogen) atoms. The molecule has 2 heterocycles. The number of nitrogens with one attached hydrogen (secondary N) is 1. The summed E-state index contributed by atoms with van der Waals surface area (Å²) in [6, 6.07) is 13.1. The molecular weight excluding hydrogens is 456 g/mol. The first kappa shape index (κ1) is 23.7. The minimum Gasteiger partial charge on any atom is -0.454 e. The van der Waals surface area contributed by atoms with Crippen molar-refractivity contribution in [2.75, 3.05) is 38.9 Å². The van der Waals surface area contributed by atoms with Gasteiger partial charge in [0.2, 0.25) is 17.8 Å².